The largest absolute Gasteiger partial charge is 0.340 e. The van der Waals surface area contributed by atoms with Crippen LogP contribution in [-0.4, -0.2) is 16.4 Å². The van der Waals surface area contributed by atoms with Gasteiger partial charge in [-0.25, -0.2) is 0 Å². The number of nitrogens with one attached hydrogen (secondary N) is 2. The number of fused-ring (bicyclic) bond motifs is 1. The fourth-order valence-corrected chi connectivity index (χ4v) is 6.16. The Balaban J connectivity index is 1.37. The van der Waals surface area contributed by atoms with Crippen LogP contribution in [-0.2, 0) is 16.1 Å². The number of carbonyl (C=O) groups excluding carboxylic acids is 2. The molecule has 2 N–H and O–H groups in total. The Labute approximate surface area is 227 Å². The van der Waals surface area contributed by atoms with E-state index < -0.39 is 0 Å². The number of hydrogen-bond acceptors (Lipinski definition) is 2. The van der Waals surface area contributed by atoms with Crippen molar-refractivity contribution < 1.29 is 9.59 Å². The van der Waals surface area contributed by atoms with E-state index in [0.717, 1.165) is 86.7 Å². The van der Waals surface area contributed by atoms with Gasteiger partial charge in [-0.3, -0.25) is 9.59 Å². The SMILES string of the molecule is CC(C)CCn1c(-c2ccc(NC(=O)C3CCCCC3)cc2)cc2cc(NC(=O)C3CCCCC3)ccc21. The van der Waals surface area contributed by atoms with Crippen LogP contribution in [0.25, 0.3) is 22.2 Å². The monoisotopic (exact) mass is 513 g/mol. The molecule has 38 heavy (non-hydrogen) atoms. The lowest BCUT2D eigenvalue weighted by molar-refractivity contribution is -0.121. The summed E-state index contributed by atoms with van der Waals surface area (Å²) >= 11 is 0. The zero-order chi connectivity index (χ0) is 26.5. The van der Waals surface area contributed by atoms with Gasteiger partial charge in [0.15, 0.2) is 0 Å². The lowest BCUT2D eigenvalue weighted by atomic mass is 9.88. The highest BCUT2D eigenvalue weighted by atomic mass is 16.2. The van der Waals surface area contributed by atoms with Crippen molar-refractivity contribution in [2.45, 2.75) is 91.0 Å². The molecule has 0 spiro atoms. The number of amides is 2. The van der Waals surface area contributed by atoms with Crippen molar-refractivity contribution in [3.63, 3.8) is 0 Å². The predicted octanol–water partition coefficient (Wildman–Crippen LogP) is 8.39. The van der Waals surface area contributed by atoms with E-state index in [4.69, 9.17) is 0 Å². The molecule has 0 radical (unpaired) electrons. The highest BCUT2D eigenvalue weighted by molar-refractivity contribution is 5.97. The maximum Gasteiger partial charge on any atom is 0.227 e. The van der Waals surface area contributed by atoms with Gasteiger partial charge in [0.25, 0.3) is 0 Å². The van der Waals surface area contributed by atoms with Crippen LogP contribution < -0.4 is 10.6 Å². The van der Waals surface area contributed by atoms with Crippen molar-refractivity contribution >= 4 is 34.1 Å². The highest BCUT2D eigenvalue weighted by Gasteiger charge is 2.22. The third kappa shape index (κ3) is 6.31. The molecule has 1 aromatic heterocycles. The number of rotatable bonds is 8. The molecule has 2 saturated carbocycles. The Morgan fingerprint density at radius 2 is 1.32 bits per heavy atom. The third-order valence-corrected chi connectivity index (χ3v) is 8.50. The van der Waals surface area contributed by atoms with Gasteiger partial charge < -0.3 is 15.2 Å². The maximum atomic E-state index is 12.8. The van der Waals surface area contributed by atoms with Gasteiger partial charge in [-0.05, 0) is 80.0 Å². The molecule has 5 heteroatoms. The van der Waals surface area contributed by atoms with Gasteiger partial charge in [0, 0.05) is 46.4 Å². The van der Waals surface area contributed by atoms with Gasteiger partial charge in [-0.15, -0.1) is 0 Å². The molecular formula is C33H43N3O2. The van der Waals surface area contributed by atoms with E-state index in [1.807, 2.05) is 18.2 Å². The lowest BCUT2D eigenvalue weighted by Crippen LogP contribution is -2.24. The molecule has 0 saturated heterocycles. The van der Waals surface area contributed by atoms with Gasteiger partial charge in [0.2, 0.25) is 11.8 Å². The fourth-order valence-electron chi connectivity index (χ4n) is 6.16. The van der Waals surface area contributed by atoms with Crippen LogP contribution in [0.2, 0.25) is 0 Å². The van der Waals surface area contributed by atoms with Gasteiger partial charge in [0.05, 0.1) is 0 Å². The summed E-state index contributed by atoms with van der Waals surface area (Å²) in [4.78, 5) is 25.5. The average Bonchev–Trinajstić information content (AvgIpc) is 3.31. The average molecular weight is 514 g/mol. The first-order valence-electron chi connectivity index (χ1n) is 14.8. The topological polar surface area (TPSA) is 63.1 Å². The summed E-state index contributed by atoms with van der Waals surface area (Å²) in [6.07, 6.45) is 12.2. The molecule has 0 bridgehead atoms. The van der Waals surface area contributed by atoms with E-state index in [9.17, 15) is 9.59 Å². The summed E-state index contributed by atoms with van der Waals surface area (Å²) in [5.74, 6) is 1.21. The standard InChI is InChI=1S/C33H43N3O2/c1-23(2)19-20-36-30-18-17-29(35-33(38)26-11-7-4-8-12-26)21-27(30)22-31(36)24-13-15-28(16-14-24)34-32(37)25-9-5-3-6-10-25/h13-18,21-23,25-26H,3-12,19-20H2,1-2H3,(H,34,37)(H,35,38). The van der Waals surface area contributed by atoms with E-state index in [1.165, 1.54) is 24.1 Å². The summed E-state index contributed by atoms with van der Waals surface area (Å²) in [6.45, 7) is 5.45. The number of aryl methyl sites for hydroxylation is 1. The van der Waals surface area contributed by atoms with Gasteiger partial charge in [-0.2, -0.15) is 0 Å². The zero-order valence-electron chi connectivity index (χ0n) is 23.1. The van der Waals surface area contributed by atoms with E-state index >= 15 is 0 Å². The van der Waals surface area contributed by atoms with Gasteiger partial charge >= 0.3 is 0 Å². The van der Waals surface area contributed by atoms with Crippen molar-refractivity contribution in [3.8, 4) is 11.3 Å². The number of benzene rings is 2. The predicted molar refractivity (Wildman–Crippen MR) is 157 cm³/mol. The van der Waals surface area contributed by atoms with E-state index in [2.05, 4.69) is 59.4 Å². The second-order valence-electron chi connectivity index (χ2n) is 11.9. The highest BCUT2D eigenvalue weighted by Crippen LogP contribution is 2.33. The summed E-state index contributed by atoms with van der Waals surface area (Å²) in [5, 5.41) is 7.46. The van der Waals surface area contributed by atoms with Crippen molar-refractivity contribution in [1.29, 1.82) is 0 Å². The fraction of sp³-hybridized carbons (Fsp3) is 0.515. The number of hydrogen-bond donors (Lipinski definition) is 2. The molecule has 0 unspecified atom stereocenters. The summed E-state index contributed by atoms with van der Waals surface area (Å²) in [6, 6.07) is 16.8. The first kappa shape index (κ1) is 26.5. The Bertz CT molecular complexity index is 1250. The molecule has 1 heterocycles. The lowest BCUT2D eigenvalue weighted by Gasteiger charge is -2.21. The smallest absolute Gasteiger partial charge is 0.227 e. The summed E-state index contributed by atoms with van der Waals surface area (Å²) < 4.78 is 2.40. The summed E-state index contributed by atoms with van der Waals surface area (Å²) in [7, 11) is 0. The Morgan fingerprint density at radius 3 is 1.89 bits per heavy atom. The van der Waals surface area contributed by atoms with Crippen LogP contribution >= 0.6 is 0 Å². The van der Waals surface area contributed by atoms with E-state index in [1.54, 1.807) is 0 Å². The van der Waals surface area contributed by atoms with Gasteiger partial charge in [-0.1, -0.05) is 64.5 Å². The molecule has 0 atom stereocenters. The summed E-state index contributed by atoms with van der Waals surface area (Å²) in [5.41, 5.74) is 5.23. The molecule has 2 aliphatic carbocycles. The minimum atomic E-state index is 0.141. The molecular weight excluding hydrogens is 470 g/mol. The molecule has 3 aromatic rings. The Hall–Kier alpha value is -3.08. The molecule has 2 aliphatic rings. The molecule has 2 amide bonds. The van der Waals surface area contributed by atoms with Crippen LogP contribution in [0, 0.1) is 17.8 Å². The molecule has 2 aromatic carbocycles. The van der Waals surface area contributed by atoms with Crippen molar-refractivity contribution in [2.75, 3.05) is 10.6 Å². The first-order chi connectivity index (χ1) is 18.5. The molecule has 0 aliphatic heterocycles. The minimum Gasteiger partial charge on any atom is -0.340 e. The molecule has 202 valence electrons. The van der Waals surface area contributed by atoms with Crippen molar-refractivity contribution in [2.24, 2.45) is 17.8 Å². The van der Waals surface area contributed by atoms with E-state index in [-0.39, 0.29) is 23.7 Å². The van der Waals surface area contributed by atoms with E-state index in [0.29, 0.717) is 5.92 Å². The normalized spacial score (nSPS) is 17.1. The zero-order valence-corrected chi connectivity index (χ0v) is 23.1. The van der Waals surface area contributed by atoms with Crippen LogP contribution in [0.1, 0.15) is 84.5 Å². The maximum absolute atomic E-state index is 12.8. The van der Waals surface area contributed by atoms with Crippen molar-refractivity contribution in [3.05, 3.63) is 48.5 Å². The third-order valence-electron chi connectivity index (χ3n) is 8.50. The molecule has 5 nitrogen and oxygen atoms in total. The van der Waals surface area contributed by atoms with Crippen LogP contribution in [0.5, 0.6) is 0 Å². The number of nitrogens with zero attached hydrogens (tertiary/aromatic N) is 1. The number of anilines is 2. The number of aromatic nitrogens is 1. The second-order valence-corrected chi connectivity index (χ2v) is 11.9. The van der Waals surface area contributed by atoms with Crippen LogP contribution in [0.4, 0.5) is 11.4 Å². The van der Waals surface area contributed by atoms with Crippen LogP contribution in [0.3, 0.4) is 0 Å². The first-order valence-corrected chi connectivity index (χ1v) is 14.8. The quantitative estimate of drug-likeness (QED) is 0.318. The number of carbonyl (C=O) groups is 2. The van der Waals surface area contributed by atoms with Crippen molar-refractivity contribution in [1.82, 2.24) is 4.57 Å². The van der Waals surface area contributed by atoms with Crippen LogP contribution in [0.15, 0.2) is 48.5 Å². The second kappa shape index (κ2) is 12.2. The Morgan fingerprint density at radius 1 is 0.763 bits per heavy atom. The minimum absolute atomic E-state index is 0.141. The molecule has 2 fully saturated rings. The Kier molecular flexibility index (Phi) is 8.51. The van der Waals surface area contributed by atoms with Gasteiger partial charge in [0.1, 0.15) is 0 Å². The molecule has 5 rings (SSSR count).